The average molecular weight is 249 g/mol. The predicted octanol–water partition coefficient (Wildman–Crippen LogP) is 3.35. The summed E-state index contributed by atoms with van der Waals surface area (Å²) in [7, 11) is 1.74. The maximum atomic E-state index is 6.18. The van der Waals surface area contributed by atoms with Gasteiger partial charge in [-0.3, -0.25) is 0 Å². The van der Waals surface area contributed by atoms with Crippen LogP contribution >= 0.6 is 0 Å². The highest BCUT2D eigenvalue weighted by molar-refractivity contribution is 5.25. The van der Waals surface area contributed by atoms with E-state index in [4.69, 9.17) is 10.5 Å². The van der Waals surface area contributed by atoms with Gasteiger partial charge in [0.25, 0.3) is 0 Å². The highest BCUT2D eigenvalue weighted by Crippen LogP contribution is 2.16. The fourth-order valence-electron chi connectivity index (χ4n) is 2.29. The van der Waals surface area contributed by atoms with Crippen LogP contribution in [0.25, 0.3) is 0 Å². The van der Waals surface area contributed by atoms with E-state index in [-0.39, 0.29) is 6.04 Å². The maximum absolute atomic E-state index is 6.18. The Bertz CT molecular complexity index is 331. The van der Waals surface area contributed by atoms with Crippen LogP contribution in [0.5, 0.6) is 0 Å². The van der Waals surface area contributed by atoms with Crippen molar-refractivity contribution in [3.63, 3.8) is 0 Å². The molecule has 2 heteroatoms. The van der Waals surface area contributed by atoms with E-state index < -0.39 is 0 Å². The van der Waals surface area contributed by atoms with Gasteiger partial charge < -0.3 is 10.5 Å². The second-order valence-corrected chi connectivity index (χ2v) is 5.66. The van der Waals surface area contributed by atoms with Crippen LogP contribution in [-0.4, -0.2) is 19.8 Å². The number of hydrogen-bond acceptors (Lipinski definition) is 2. The molecule has 102 valence electrons. The normalized spacial score (nSPS) is 14.8. The van der Waals surface area contributed by atoms with Gasteiger partial charge in [0.2, 0.25) is 0 Å². The van der Waals surface area contributed by atoms with Gasteiger partial charge >= 0.3 is 0 Å². The third-order valence-corrected chi connectivity index (χ3v) is 3.30. The fourth-order valence-corrected chi connectivity index (χ4v) is 2.29. The lowest BCUT2D eigenvalue weighted by atomic mass is 9.95. The summed E-state index contributed by atoms with van der Waals surface area (Å²) in [5.74, 6) is 1.12. The van der Waals surface area contributed by atoms with Crippen molar-refractivity contribution < 1.29 is 4.74 Å². The summed E-state index contributed by atoms with van der Waals surface area (Å²) in [6, 6.07) is 9.06. The molecule has 0 aromatic heterocycles. The molecule has 0 saturated heterocycles. The summed E-state index contributed by atoms with van der Waals surface area (Å²) in [5.41, 5.74) is 8.90. The lowest BCUT2D eigenvalue weighted by Gasteiger charge is -2.17. The summed E-state index contributed by atoms with van der Waals surface area (Å²) < 4.78 is 5.14. The summed E-state index contributed by atoms with van der Waals surface area (Å²) in [4.78, 5) is 0. The molecule has 0 bridgehead atoms. The Kier molecular flexibility index (Phi) is 6.37. The Labute approximate surface area is 112 Å². The van der Waals surface area contributed by atoms with Crippen molar-refractivity contribution in [2.45, 2.75) is 45.6 Å². The van der Waals surface area contributed by atoms with Gasteiger partial charge in [0.05, 0.1) is 0 Å². The van der Waals surface area contributed by atoms with E-state index in [9.17, 15) is 0 Å². The summed E-state index contributed by atoms with van der Waals surface area (Å²) in [6.45, 7) is 7.41. The number of hydrogen-bond donors (Lipinski definition) is 1. The monoisotopic (exact) mass is 249 g/mol. The second-order valence-electron chi connectivity index (χ2n) is 5.66. The SMILES string of the molecule is COCC(C)CC(N)Cc1ccc(C(C)C)cc1. The van der Waals surface area contributed by atoms with Crippen LogP contribution in [0.3, 0.4) is 0 Å². The predicted molar refractivity (Wildman–Crippen MR) is 77.9 cm³/mol. The van der Waals surface area contributed by atoms with E-state index in [1.54, 1.807) is 7.11 Å². The Hall–Kier alpha value is -0.860. The molecule has 0 spiro atoms. The van der Waals surface area contributed by atoms with Crippen molar-refractivity contribution in [1.82, 2.24) is 0 Å². The van der Waals surface area contributed by atoms with E-state index in [0.717, 1.165) is 19.4 Å². The molecule has 2 atom stereocenters. The Morgan fingerprint density at radius 1 is 1.11 bits per heavy atom. The van der Waals surface area contributed by atoms with E-state index >= 15 is 0 Å². The third-order valence-electron chi connectivity index (χ3n) is 3.30. The van der Waals surface area contributed by atoms with Crippen molar-refractivity contribution in [2.24, 2.45) is 11.7 Å². The van der Waals surface area contributed by atoms with Crippen LogP contribution in [0.2, 0.25) is 0 Å². The van der Waals surface area contributed by atoms with Crippen molar-refractivity contribution in [2.75, 3.05) is 13.7 Å². The highest BCUT2D eigenvalue weighted by Gasteiger charge is 2.10. The summed E-state index contributed by atoms with van der Waals surface area (Å²) in [5, 5.41) is 0. The second kappa shape index (κ2) is 7.55. The lowest BCUT2D eigenvalue weighted by molar-refractivity contribution is 0.152. The van der Waals surface area contributed by atoms with Gasteiger partial charge in [-0.15, -0.1) is 0 Å². The minimum atomic E-state index is 0.222. The van der Waals surface area contributed by atoms with Gasteiger partial charge in [-0.2, -0.15) is 0 Å². The number of nitrogens with two attached hydrogens (primary N) is 1. The number of rotatable bonds is 7. The van der Waals surface area contributed by atoms with Gasteiger partial charge in [0, 0.05) is 19.8 Å². The van der Waals surface area contributed by atoms with Gasteiger partial charge in [0.1, 0.15) is 0 Å². The van der Waals surface area contributed by atoms with Crippen molar-refractivity contribution in [1.29, 1.82) is 0 Å². The first-order valence-corrected chi connectivity index (χ1v) is 6.86. The van der Waals surface area contributed by atoms with Crippen LogP contribution in [0.1, 0.15) is 44.2 Å². The third kappa shape index (κ3) is 5.19. The Morgan fingerprint density at radius 2 is 1.72 bits per heavy atom. The first-order chi connectivity index (χ1) is 8.52. The molecule has 0 aliphatic heterocycles. The van der Waals surface area contributed by atoms with Crippen LogP contribution in [-0.2, 0) is 11.2 Å². The maximum Gasteiger partial charge on any atom is 0.0488 e. The van der Waals surface area contributed by atoms with Crippen molar-refractivity contribution in [3.8, 4) is 0 Å². The zero-order valence-corrected chi connectivity index (χ0v) is 12.1. The molecule has 0 aliphatic carbocycles. The first kappa shape index (κ1) is 15.2. The lowest BCUT2D eigenvalue weighted by Crippen LogP contribution is -2.26. The molecule has 1 aromatic rings. The molecular weight excluding hydrogens is 222 g/mol. The minimum absolute atomic E-state index is 0.222. The minimum Gasteiger partial charge on any atom is -0.384 e. The van der Waals surface area contributed by atoms with Gasteiger partial charge in [-0.1, -0.05) is 45.0 Å². The number of methoxy groups -OCH3 is 1. The van der Waals surface area contributed by atoms with Crippen LogP contribution in [0.4, 0.5) is 0 Å². The topological polar surface area (TPSA) is 35.2 Å². The zero-order valence-electron chi connectivity index (χ0n) is 12.1. The molecule has 0 fully saturated rings. The summed E-state index contributed by atoms with van der Waals surface area (Å²) >= 11 is 0. The number of benzene rings is 1. The van der Waals surface area contributed by atoms with Gasteiger partial charge in [-0.05, 0) is 35.8 Å². The summed E-state index contributed by atoms with van der Waals surface area (Å²) in [6.07, 6.45) is 1.96. The molecule has 18 heavy (non-hydrogen) atoms. The van der Waals surface area contributed by atoms with E-state index in [1.807, 2.05) is 0 Å². The van der Waals surface area contributed by atoms with E-state index in [0.29, 0.717) is 11.8 Å². The van der Waals surface area contributed by atoms with Crippen LogP contribution in [0, 0.1) is 5.92 Å². The molecule has 0 saturated carbocycles. The molecule has 0 heterocycles. The molecule has 2 unspecified atom stereocenters. The van der Waals surface area contributed by atoms with Gasteiger partial charge in [-0.25, -0.2) is 0 Å². The Morgan fingerprint density at radius 3 is 2.22 bits per heavy atom. The molecule has 1 aromatic carbocycles. The van der Waals surface area contributed by atoms with E-state index in [2.05, 4.69) is 45.0 Å². The molecule has 2 nitrogen and oxygen atoms in total. The Balaban J connectivity index is 2.46. The van der Waals surface area contributed by atoms with Crippen LogP contribution < -0.4 is 5.73 Å². The molecule has 2 N–H and O–H groups in total. The van der Waals surface area contributed by atoms with Gasteiger partial charge in [0.15, 0.2) is 0 Å². The van der Waals surface area contributed by atoms with Crippen molar-refractivity contribution in [3.05, 3.63) is 35.4 Å². The first-order valence-electron chi connectivity index (χ1n) is 6.86. The number of ether oxygens (including phenoxy) is 1. The quantitative estimate of drug-likeness (QED) is 0.804. The molecule has 0 radical (unpaired) electrons. The fraction of sp³-hybridized carbons (Fsp3) is 0.625. The molecule has 0 amide bonds. The smallest absolute Gasteiger partial charge is 0.0488 e. The van der Waals surface area contributed by atoms with Crippen molar-refractivity contribution >= 4 is 0 Å². The average Bonchev–Trinajstić information content (AvgIpc) is 2.29. The van der Waals surface area contributed by atoms with Crippen LogP contribution in [0.15, 0.2) is 24.3 Å². The highest BCUT2D eigenvalue weighted by atomic mass is 16.5. The molecule has 1 rings (SSSR count). The molecular formula is C16H27NO. The largest absolute Gasteiger partial charge is 0.384 e. The van der Waals surface area contributed by atoms with E-state index in [1.165, 1.54) is 11.1 Å². The molecule has 0 aliphatic rings. The zero-order chi connectivity index (χ0) is 13.5. The standard InChI is InChI=1S/C16H27NO/c1-12(2)15-7-5-14(6-8-15)10-16(17)9-13(3)11-18-4/h5-8,12-13,16H,9-11,17H2,1-4H3.